The molecule has 0 spiro atoms. The van der Waals surface area contributed by atoms with Gasteiger partial charge in [-0.2, -0.15) is 0 Å². The quantitative estimate of drug-likeness (QED) is 0.812. The molecule has 1 aromatic rings. The molecular weight excluding hydrogens is 292 g/mol. The van der Waals surface area contributed by atoms with E-state index in [1.54, 1.807) is 33.2 Å². The third kappa shape index (κ3) is 5.53. The Hall–Kier alpha value is -1.30. The zero-order valence-electron chi connectivity index (χ0n) is 12.7. The number of aliphatic hydroxyl groups excluding tert-OH is 1. The van der Waals surface area contributed by atoms with Crippen molar-refractivity contribution in [3.05, 3.63) is 34.9 Å². The zero-order valence-corrected chi connectivity index (χ0v) is 13.4. The van der Waals surface area contributed by atoms with Gasteiger partial charge in [0.25, 0.3) is 0 Å². The van der Waals surface area contributed by atoms with E-state index in [2.05, 4.69) is 5.32 Å². The van der Waals surface area contributed by atoms with Crippen LogP contribution in [-0.4, -0.2) is 49.5 Å². The van der Waals surface area contributed by atoms with E-state index in [4.69, 9.17) is 21.4 Å². The highest BCUT2D eigenvalue weighted by Gasteiger charge is 2.19. The molecule has 0 aromatic heterocycles. The summed E-state index contributed by atoms with van der Waals surface area (Å²) in [5.41, 5.74) is 0.967. The Morgan fingerprint density at radius 3 is 2.57 bits per heavy atom. The number of ether oxygens (including phenoxy) is 1. The minimum atomic E-state index is -0.238. The number of halogens is 1. The van der Waals surface area contributed by atoms with Crippen molar-refractivity contribution >= 4 is 17.6 Å². The molecule has 0 aliphatic rings. The van der Waals surface area contributed by atoms with Crippen LogP contribution in [0.4, 0.5) is 4.79 Å². The highest BCUT2D eigenvalue weighted by atomic mass is 35.5. The van der Waals surface area contributed by atoms with E-state index < -0.39 is 0 Å². The number of hydrogen-bond donors (Lipinski definition) is 2. The molecule has 0 fully saturated rings. The van der Waals surface area contributed by atoms with Crippen molar-refractivity contribution in [2.45, 2.75) is 25.4 Å². The van der Waals surface area contributed by atoms with Gasteiger partial charge in [-0.1, -0.05) is 23.7 Å². The Morgan fingerprint density at radius 2 is 2.05 bits per heavy atom. The summed E-state index contributed by atoms with van der Waals surface area (Å²) in [6.07, 6.45) is 0.658. The van der Waals surface area contributed by atoms with Crippen LogP contribution in [-0.2, 0) is 4.74 Å². The summed E-state index contributed by atoms with van der Waals surface area (Å²) in [5, 5.41) is 12.7. The number of nitrogens with zero attached hydrogens (tertiary/aromatic N) is 1. The standard InChI is InChI=1S/C15H23ClN2O3/c1-11(10-19)18(2)15(20)17-14(8-9-21-3)12-4-6-13(16)7-5-12/h4-7,11,14,19H,8-10H2,1-3H3,(H,17,20). The highest BCUT2D eigenvalue weighted by Crippen LogP contribution is 2.20. The summed E-state index contributed by atoms with van der Waals surface area (Å²) in [4.78, 5) is 13.7. The smallest absolute Gasteiger partial charge is 0.317 e. The Morgan fingerprint density at radius 1 is 1.43 bits per heavy atom. The molecule has 0 heterocycles. The zero-order chi connectivity index (χ0) is 15.8. The van der Waals surface area contributed by atoms with Crippen LogP contribution in [0.3, 0.4) is 0 Å². The number of amides is 2. The fourth-order valence-corrected chi connectivity index (χ4v) is 1.95. The lowest BCUT2D eigenvalue weighted by molar-refractivity contribution is 0.149. The molecule has 2 unspecified atom stereocenters. The average Bonchev–Trinajstić information content (AvgIpc) is 2.50. The Labute approximate surface area is 130 Å². The van der Waals surface area contributed by atoms with Gasteiger partial charge in [-0.25, -0.2) is 4.79 Å². The lowest BCUT2D eigenvalue weighted by atomic mass is 10.0. The van der Waals surface area contributed by atoms with Crippen molar-refractivity contribution < 1.29 is 14.6 Å². The predicted octanol–water partition coefficient (Wildman–Crippen LogP) is 2.44. The summed E-state index contributed by atoms with van der Waals surface area (Å²) in [5.74, 6) is 0. The molecule has 21 heavy (non-hydrogen) atoms. The molecule has 0 radical (unpaired) electrons. The van der Waals surface area contributed by atoms with E-state index in [0.717, 1.165) is 5.56 Å². The highest BCUT2D eigenvalue weighted by molar-refractivity contribution is 6.30. The predicted molar refractivity (Wildman–Crippen MR) is 83.5 cm³/mol. The third-order valence-corrected chi connectivity index (χ3v) is 3.68. The minimum Gasteiger partial charge on any atom is -0.394 e. The maximum atomic E-state index is 12.2. The van der Waals surface area contributed by atoms with Gasteiger partial charge in [-0.05, 0) is 31.0 Å². The second kappa shape index (κ2) is 8.87. The van der Waals surface area contributed by atoms with Gasteiger partial charge in [0.15, 0.2) is 0 Å². The third-order valence-electron chi connectivity index (χ3n) is 3.43. The number of carbonyl (C=O) groups is 1. The molecule has 6 heteroatoms. The van der Waals surface area contributed by atoms with Crippen molar-refractivity contribution in [3.63, 3.8) is 0 Å². The number of urea groups is 1. The van der Waals surface area contributed by atoms with Crippen molar-refractivity contribution in [2.24, 2.45) is 0 Å². The van der Waals surface area contributed by atoms with Crippen molar-refractivity contribution in [2.75, 3.05) is 27.4 Å². The van der Waals surface area contributed by atoms with Crippen LogP contribution in [0.2, 0.25) is 5.02 Å². The van der Waals surface area contributed by atoms with E-state index in [-0.39, 0.29) is 24.7 Å². The minimum absolute atomic E-state index is 0.0758. The van der Waals surface area contributed by atoms with E-state index in [1.165, 1.54) is 4.90 Å². The topological polar surface area (TPSA) is 61.8 Å². The van der Waals surface area contributed by atoms with Crippen molar-refractivity contribution in [1.29, 1.82) is 0 Å². The van der Waals surface area contributed by atoms with Crippen molar-refractivity contribution in [1.82, 2.24) is 10.2 Å². The molecule has 0 saturated carbocycles. The maximum Gasteiger partial charge on any atom is 0.317 e. The first-order chi connectivity index (χ1) is 9.99. The normalized spacial score (nSPS) is 13.6. The molecule has 2 amide bonds. The van der Waals surface area contributed by atoms with Gasteiger partial charge in [-0.15, -0.1) is 0 Å². The molecule has 0 bridgehead atoms. The van der Waals surface area contributed by atoms with E-state index in [0.29, 0.717) is 18.1 Å². The Kier molecular flexibility index (Phi) is 7.50. The number of carbonyl (C=O) groups excluding carboxylic acids is 1. The molecule has 2 N–H and O–H groups in total. The number of likely N-dealkylation sites (N-methyl/N-ethyl adjacent to an activating group) is 1. The van der Waals surface area contributed by atoms with Crippen LogP contribution >= 0.6 is 11.6 Å². The molecule has 0 aliphatic carbocycles. The van der Waals surface area contributed by atoms with Crippen LogP contribution in [0.15, 0.2) is 24.3 Å². The first-order valence-corrected chi connectivity index (χ1v) is 7.26. The summed E-state index contributed by atoms with van der Waals surface area (Å²) in [7, 11) is 3.28. The Balaban J connectivity index is 2.78. The van der Waals surface area contributed by atoms with Gasteiger partial charge in [0.05, 0.1) is 18.7 Å². The number of aliphatic hydroxyl groups is 1. The van der Waals surface area contributed by atoms with Crippen molar-refractivity contribution in [3.8, 4) is 0 Å². The maximum absolute atomic E-state index is 12.2. The van der Waals surface area contributed by atoms with Crippen LogP contribution in [0.25, 0.3) is 0 Å². The molecule has 0 saturated heterocycles. The lowest BCUT2D eigenvalue weighted by Gasteiger charge is -2.27. The number of methoxy groups -OCH3 is 1. The number of nitrogens with one attached hydrogen (secondary N) is 1. The number of rotatable bonds is 7. The van der Waals surface area contributed by atoms with Gasteiger partial charge in [0.2, 0.25) is 0 Å². The van der Waals surface area contributed by atoms with Crippen LogP contribution in [0.1, 0.15) is 24.9 Å². The molecular formula is C15H23ClN2O3. The fraction of sp³-hybridized carbons (Fsp3) is 0.533. The SMILES string of the molecule is COCCC(NC(=O)N(C)C(C)CO)c1ccc(Cl)cc1. The van der Waals surface area contributed by atoms with Gasteiger partial charge in [-0.3, -0.25) is 0 Å². The monoisotopic (exact) mass is 314 g/mol. The second-order valence-electron chi connectivity index (χ2n) is 4.98. The molecule has 0 aliphatic heterocycles. The summed E-state index contributed by atoms with van der Waals surface area (Å²) in [6.45, 7) is 2.24. The summed E-state index contributed by atoms with van der Waals surface area (Å²) in [6, 6.07) is 6.73. The lowest BCUT2D eigenvalue weighted by Crippen LogP contribution is -2.45. The molecule has 1 rings (SSSR count). The van der Waals surface area contributed by atoms with Gasteiger partial charge >= 0.3 is 6.03 Å². The van der Waals surface area contributed by atoms with E-state index in [9.17, 15) is 4.79 Å². The first kappa shape index (κ1) is 17.8. The van der Waals surface area contributed by atoms with Crippen LogP contribution < -0.4 is 5.32 Å². The van der Waals surface area contributed by atoms with Gasteiger partial charge in [0, 0.05) is 25.8 Å². The first-order valence-electron chi connectivity index (χ1n) is 6.88. The fourth-order valence-electron chi connectivity index (χ4n) is 1.83. The molecule has 1 aromatic carbocycles. The average molecular weight is 315 g/mol. The molecule has 5 nitrogen and oxygen atoms in total. The summed E-state index contributed by atoms with van der Waals surface area (Å²) >= 11 is 5.89. The molecule has 2 atom stereocenters. The van der Waals surface area contributed by atoms with E-state index >= 15 is 0 Å². The van der Waals surface area contributed by atoms with Crippen LogP contribution in [0, 0.1) is 0 Å². The van der Waals surface area contributed by atoms with Gasteiger partial charge < -0.3 is 20.1 Å². The van der Waals surface area contributed by atoms with E-state index in [1.807, 2.05) is 12.1 Å². The largest absolute Gasteiger partial charge is 0.394 e. The van der Waals surface area contributed by atoms with Crippen LogP contribution in [0.5, 0.6) is 0 Å². The number of benzene rings is 1. The van der Waals surface area contributed by atoms with Gasteiger partial charge in [0.1, 0.15) is 0 Å². The Bertz CT molecular complexity index is 439. The molecule has 118 valence electrons. The second-order valence-corrected chi connectivity index (χ2v) is 5.41. The number of hydrogen-bond acceptors (Lipinski definition) is 3. The summed E-state index contributed by atoms with van der Waals surface area (Å²) < 4.78 is 5.10.